The van der Waals surface area contributed by atoms with Crippen molar-refractivity contribution in [2.45, 2.75) is 38.6 Å². The number of anilines is 1. The summed E-state index contributed by atoms with van der Waals surface area (Å²) in [6.07, 6.45) is 6.70. The molecule has 0 saturated heterocycles. The number of benzene rings is 1. The van der Waals surface area contributed by atoms with Crippen molar-refractivity contribution in [3.8, 4) is 11.6 Å². The molecule has 34 heavy (non-hydrogen) atoms. The number of fused-ring (bicyclic) bond motifs is 2. The number of carbonyl (C=O) groups is 1. The van der Waals surface area contributed by atoms with Crippen molar-refractivity contribution in [3.63, 3.8) is 0 Å². The molecule has 5 rings (SSSR count). The second-order valence-corrected chi connectivity index (χ2v) is 8.36. The van der Waals surface area contributed by atoms with E-state index < -0.39 is 13.0 Å². The number of nitrogens with one attached hydrogen (secondary N) is 1. The van der Waals surface area contributed by atoms with E-state index in [0.29, 0.717) is 29.3 Å². The van der Waals surface area contributed by atoms with Crippen molar-refractivity contribution in [2.24, 2.45) is 5.73 Å². The number of amides is 1. The number of nitrogens with two attached hydrogens (primary N) is 1. The summed E-state index contributed by atoms with van der Waals surface area (Å²) < 4.78 is 1.68. The van der Waals surface area contributed by atoms with Crippen molar-refractivity contribution in [2.75, 3.05) is 5.32 Å². The first-order valence-corrected chi connectivity index (χ1v) is 11.2. The lowest BCUT2D eigenvalue weighted by Gasteiger charge is -2.15. The van der Waals surface area contributed by atoms with Crippen LogP contribution < -0.4 is 16.5 Å². The van der Waals surface area contributed by atoms with E-state index in [1.54, 1.807) is 40.9 Å². The maximum atomic E-state index is 11.8. The first kappa shape index (κ1) is 22.0. The van der Waals surface area contributed by atoms with Gasteiger partial charge in [-0.1, -0.05) is 30.7 Å². The van der Waals surface area contributed by atoms with Crippen LogP contribution in [0.25, 0.3) is 17.3 Å². The largest absolute Gasteiger partial charge is 0.488 e. The van der Waals surface area contributed by atoms with Crippen LogP contribution in [0.1, 0.15) is 46.4 Å². The highest BCUT2D eigenvalue weighted by Gasteiger charge is 2.21. The van der Waals surface area contributed by atoms with Crippen LogP contribution in [0.4, 0.5) is 5.82 Å². The molecule has 1 amide bonds. The SMILES string of the molecule is NC(=O)c1cccn2c(-c3nc4c(c(NCc5cccc(B(O)O)c5)n3)CCCCC4)nnc12. The van der Waals surface area contributed by atoms with E-state index in [4.69, 9.17) is 15.7 Å². The Morgan fingerprint density at radius 2 is 1.94 bits per heavy atom. The Hall–Kier alpha value is -3.83. The van der Waals surface area contributed by atoms with E-state index in [1.165, 1.54) is 0 Å². The van der Waals surface area contributed by atoms with E-state index in [2.05, 4.69) is 15.5 Å². The molecule has 0 aliphatic heterocycles. The summed E-state index contributed by atoms with van der Waals surface area (Å²) in [5.41, 5.74) is 9.52. The van der Waals surface area contributed by atoms with Crippen molar-refractivity contribution >= 4 is 30.0 Å². The Morgan fingerprint density at radius 3 is 2.76 bits per heavy atom. The summed E-state index contributed by atoms with van der Waals surface area (Å²) in [7, 11) is -1.52. The molecular weight excluding hydrogens is 433 g/mol. The lowest BCUT2D eigenvalue weighted by atomic mass is 9.79. The summed E-state index contributed by atoms with van der Waals surface area (Å²) in [6.45, 7) is 0.454. The zero-order chi connectivity index (χ0) is 23.7. The normalized spacial score (nSPS) is 13.4. The lowest BCUT2D eigenvalue weighted by Crippen LogP contribution is -2.30. The molecule has 10 nitrogen and oxygen atoms in total. The monoisotopic (exact) mass is 457 g/mol. The molecule has 0 unspecified atom stereocenters. The Labute approximate surface area is 196 Å². The van der Waals surface area contributed by atoms with Crippen molar-refractivity contribution in [1.82, 2.24) is 24.6 Å². The first-order valence-electron chi connectivity index (χ1n) is 11.2. The molecule has 0 radical (unpaired) electrons. The van der Waals surface area contributed by atoms with Gasteiger partial charge in [-0.15, -0.1) is 10.2 Å². The third-order valence-corrected chi connectivity index (χ3v) is 6.04. The highest BCUT2D eigenvalue weighted by atomic mass is 16.4. The summed E-state index contributed by atoms with van der Waals surface area (Å²) >= 11 is 0. The molecule has 1 aromatic carbocycles. The van der Waals surface area contributed by atoms with E-state index in [-0.39, 0.29) is 5.56 Å². The van der Waals surface area contributed by atoms with Gasteiger partial charge in [-0.05, 0) is 48.8 Å². The number of hydrogen-bond donors (Lipinski definition) is 4. The van der Waals surface area contributed by atoms with E-state index in [1.807, 2.05) is 6.07 Å². The molecule has 4 aromatic rings. The molecule has 0 saturated carbocycles. The first-order chi connectivity index (χ1) is 16.5. The summed E-state index contributed by atoms with van der Waals surface area (Å²) in [5.74, 6) is 0.986. The predicted molar refractivity (Wildman–Crippen MR) is 127 cm³/mol. The van der Waals surface area contributed by atoms with Gasteiger partial charge in [-0.2, -0.15) is 0 Å². The van der Waals surface area contributed by atoms with Gasteiger partial charge in [0.2, 0.25) is 5.82 Å². The molecule has 172 valence electrons. The minimum absolute atomic E-state index is 0.278. The standard InChI is InChI=1S/C23H24BN7O3/c25-19(32)17-9-5-11-31-22(17)29-30-23(31)21-27-18-10-3-1-2-8-16(18)20(28-21)26-13-14-6-4-7-15(12-14)24(33)34/h4-7,9,11-12,33-34H,1-3,8,10,13H2,(H2,25,32)(H,26,27,28). The number of rotatable bonds is 6. The van der Waals surface area contributed by atoms with Gasteiger partial charge >= 0.3 is 7.12 Å². The fourth-order valence-electron chi connectivity index (χ4n) is 4.33. The van der Waals surface area contributed by atoms with E-state index in [0.717, 1.165) is 54.7 Å². The van der Waals surface area contributed by atoms with Gasteiger partial charge in [-0.3, -0.25) is 9.20 Å². The molecule has 3 heterocycles. The maximum Gasteiger partial charge on any atom is 0.488 e. The molecule has 0 bridgehead atoms. The fraction of sp³-hybridized carbons (Fsp3) is 0.261. The fourth-order valence-corrected chi connectivity index (χ4v) is 4.33. The van der Waals surface area contributed by atoms with Crippen LogP contribution in [0.3, 0.4) is 0 Å². The highest BCUT2D eigenvalue weighted by molar-refractivity contribution is 6.58. The van der Waals surface area contributed by atoms with Crippen molar-refractivity contribution in [3.05, 3.63) is 65.0 Å². The Morgan fingerprint density at radius 1 is 1.09 bits per heavy atom. The summed E-state index contributed by atoms with van der Waals surface area (Å²) in [6, 6.07) is 10.4. The third kappa shape index (κ3) is 4.23. The lowest BCUT2D eigenvalue weighted by molar-refractivity contribution is 0.100. The van der Waals surface area contributed by atoms with Gasteiger partial charge in [0, 0.05) is 24.0 Å². The maximum absolute atomic E-state index is 11.8. The van der Waals surface area contributed by atoms with Crippen LogP contribution in [0.2, 0.25) is 0 Å². The minimum atomic E-state index is -1.52. The summed E-state index contributed by atoms with van der Waals surface area (Å²) in [5, 5.41) is 30.8. The van der Waals surface area contributed by atoms with E-state index >= 15 is 0 Å². The Balaban J connectivity index is 1.55. The molecule has 0 spiro atoms. The Kier molecular flexibility index (Phi) is 5.95. The predicted octanol–water partition coefficient (Wildman–Crippen LogP) is 0.846. The number of pyridine rings is 1. The van der Waals surface area contributed by atoms with Crippen LogP contribution in [0, 0.1) is 0 Å². The van der Waals surface area contributed by atoms with Gasteiger partial charge in [0.15, 0.2) is 11.5 Å². The molecule has 0 fully saturated rings. The van der Waals surface area contributed by atoms with Crippen LogP contribution in [-0.2, 0) is 19.4 Å². The minimum Gasteiger partial charge on any atom is -0.423 e. The van der Waals surface area contributed by atoms with Crippen molar-refractivity contribution < 1.29 is 14.8 Å². The second-order valence-electron chi connectivity index (χ2n) is 8.36. The van der Waals surface area contributed by atoms with Gasteiger partial charge in [0.05, 0.1) is 5.56 Å². The topological polar surface area (TPSA) is 152 Å². The third-order valence-electron chi connectivity index (χ3n) is 6.04. The van der Waals surface area contributed by atoms with Crippen LogP contribution >= 0.6 is 0 Å². The van der Waals surface area contributed by atoms with Gasteiger partial charge in [-0.25, -0.2) is 9.97 Å². The van der Waals surface area contributed by atoms with Crippen LogP contribution in [-0.4, -0.2) is 47.6 Å². The van der Waals surface area contributed by atoms with Crippen LogP contribution in [0.5, 0.6) is 0 Å². The number of carbonyl (C=O) groups excluding carboxylic acids is 1. The molecule has 0 atom stereocenters. The van der Waals surface area contributed by atoms with Crippen molar-refractivity contribution in [1.29, 1.82) is 0 Å². The highest BCUT2D eigenvalue weighted by Crippen LogP contribution is 2.28. The molecular formula is C23H24BN7O3. The molecule has 1 aliphatic carbocycles. The zero-order valence-electron chi connectivity index (χ0n) is 18.5. The molecule has 5 N–H and O–H groups in total. The zero-order valence-corrected chi connectivity index (χ0v) is 18.5. The average Bonchev–Trinajstić information content (AvgIpc) is 3.13. The summed E-state index contributed by atoms with van der Waals surface area (Å²) in [4.78, 5) is 21.4. The van der Waals surface area contributed by atoms with Gasteiger partial charge in [0.25, 0.3) is 5.91 Å². The smallest absolute Gasteiger partial charge is 0.423 e. The quantitative estimate of drug-likeness (QED) is 0.246. The number of nitrogens with zero attached hydrogens (tertiary/aromatic N) is 5. The second kappa shape index (κ2) is 9.20. The van der Waals surface area contributed by atoms with Crippen LogP contribution in [0.15, 0.2) is 42.6 Å². The molecule has 11 heteroatoms. The van der Waals surface area contributed by atoms with Gasteiger partial charge < -0.3 is 21.1 Å². The molecule has 3 aromatic heterocycles. The van der Waals surface area contributed by atoms with E-state index in [9.17, 15) is 14.8 Å². The van der Waals surface area contributed by atoms with Gasteiger partial charge in [0.1, 0.15) is 5.82 Å². The Bertz CT molecular complexity index is 1370. The number of primary amides is 1. The number of aryl methyl sites for hydroxylation is 1. The number of aromatic nitrogens is 5. The molecule has 1 aliphatic rings. The number of hydrogen-bond acceptors (Lipinski definition) is 8. The average molecular weight is 457 g/mol.